The molecule has 0 heterocycles. The van der Waals surface area contributed by atoms with Gasteiger partial charge in [-0.1, -0.05) is 12.8 Å². The molecule has 0 radical (unpaired) electrons. The van der Waals surface area contributed by atoms with E-state index in [9.17, 15) is 0 Å². The summed E-state index contributed by atoms with van der Waals surface area (Å²) in [6.45, 7) is 2.36. The molecular weight excluding hydrogens is 194 g/mol. The van der Waals surface area contributed by atoms with Gasteiger partial charge in [0.2, 0.25) is 0 Å². The molecule has 0 aromatic heterocycles. The number of nitrogens with zero attached hydrogens (tertiary/aromatic N) is 1. The monoisotopic (exact) mass is 217 g/mol. The lowest BCUT2D eigenvalue weighted by atomic mass is 10.2. The van der Waals surface area contributed by atoms with Gasteiger partial charge in [-0.15, -0.1) is 0 Å². The van der Waals surface area contributed by atoms with Gasteiger partial charge in [0, 0.05) is 12.6 Å². The van der Waals surface area contributed by atoms with Crippen LogP contribution < -0.4 is 0 Å². The molecule has 14 heavy (non-hydrogen) atoms. The first-order chi connectivity index (χ1) is 6.88. The molecule has 1 aliphatic rings. The first-order valence-electron chi connectivity index (χ1n) is 5.84. The lowest BCUT2D eigenvalue weighted by Gasteiger charge is -2.20. The second kappa shape index (κ2) is 7.55. The Labute approximate surface area is 93.1 Å². The van der Waals surface area contributed by atoms with Gasteiger partial charge in [-0.05, 0) is 38.0 Å². The van der Waals surface area contributed by atoms with Crippen molar-refractivity contribution in [2.24, 2.45) is 0 Å². The maximum absolute atomic E-state index is 8.90. The van der Waals surface area contributed by atoms with Gasteiger partial charge in [-0.2, -0.15) is 12.6 Å². The highest BCUT2D eigenvalue weighted by atomic mass is 32.1. The minimum absolute atomic E-state index is 0.313. The summed E-state index contributed by atoms with van der Waals surface area (Å²) in [6.07, 6.45) is 7.83. The van der Waals surface area contributed by atoms with E-state index in [1.54, 1.807) is 0 Å². The summed E-state index contributed by atoms with van der Waals surface area (Å²) in [5.41, 5.74) is 0. The molecule has 1 aliphatic carbocycles. The molecule has 0 aromatic carbocycles. The van der Waals surface area contributed by atoms with Crippen molar-refractivity contribution in [3.63, 3.8) is 0 Å². The molecule has 1 fully saturated rings. The van der Waals surface area contributed by atoms with Crippen molar-refractivity contribution in [3.05, 3.63) is 0 Å². The number of hydrogen-bond acceptors (Lipinski definition) is 3. The molecule has 0 atom stereocenters. The summed E-state index contributed by atoms with van der Waals surface area (Å²) in [5.74, 6) is 1.02. The van der Waals surface area contributed by atoms with Crippen molar-refractivity contribution in [1.29, 1.82) is 0 Å². The van der Waals surface area contributed by atoms with E-state index in [1.807, 2.05) is 0 Å². The van der Waals surface area contributed by atoms with Crippen molar-refractivity contribution >= 4 is 12.6 Å². The molecular formula is C11H23NOS. The number of hydrogen-bond donors (Lipinski definition) is 2. The molecule has 0 saturated heterocycles. The zero-order valence-electron chi connectivity index (χ0n) is 8.99. The fraction of sp³-hybridized carbons (Fsp3) is 1.00. The molecule has 0 bridgehead atoms. The molecule has 0 spiro atoms. The first kappa shape index (κ1) is 12.3. The van der Waals surface area contributed by atoms with Crippen LogP contribution in [0.25, 0.3) is 0 Å². The third-order valence-corrected chi connectivity index (χ3v) is 3.12. The van der Waals surface area contributed by atoms with Gasteiger partial charge in [-0.3, -0.25) is 4.90 Å². The number of unbranched alkanes of at least 4 members (excludes halogenated alkanes) is 3. The third-order valence-electron chi connectivity index (χ3n) is 2.80. The van der Waals surface area contributed by atoms with E-state index < -0.39 is 0 Å². The van der Waals surface area contributed by atoms with E-state index in [1.165, 1.54) is 45.1 Å². The molecule has 0 aliphatic heterocycles. The van der Waals surface area contributed by atoms with Crippen molar-refractivity contribution < 1.29 is 5.11 Å². The Morgan fingerprint density at radius 1 is 1.07 bits per heavy atom. The van der Waals surface area contributed by atoms with Crippen LogP contribution in [0.15, 0.2) is 0 Å². The molecule has 0 unspecified atom stereocenters. The lowest BCUT2D eigenvalue weighted by molar-refractivity contribution is 0.186. The molecule has 1 rings (SSSR count). The third kappa shape index (κ3) is 5.23. The van der Waals surface area contributed by atoms with Crippen LogP contribution in [-0.2, 0) is 0 Å². The van der Waals surface area contributed by atoms with Gasteiger partial charge in [0.15, 0.2) is 0 Å². The molecule has 0 amide bonds. The molecule has 3 heteroatoms. The van der Waals surface area contributed by atoms with E-state index >= 15 is 0 Å². The van der Waals surface area contributed by atoms with Crippen LogP contribution >= 0.6 is 12.6 Å². The molecule has 0 aromatic rings. The summed E-state index contributed by atoms with van der Waals surface area (Å²) in [4.78, 5) is 2.45. The van der Waals surface area contributed by atoms with Gasteiger partial charge in [0.05, 0.1) is 6.61 Å². The summed E-state index contributed by atoms with van der Waals surface area (Å²) in [6, 6.07) is 0.798. The minimum atomic E-state index is 0.313. The Morgan fingerprint density at radius 3 is 2.36 bits per heavy atom. The topological polar surface area (TPSA) is 23.5 Å². The fourth-order valence-corrected chi connectivity index (χ4v) is 2.05. The van der Waals surface area contributed by atoms with Gasteiger partial charge >= 0.3 is 0 Å². The summed E-state index contributed by atoms with van der Waals surface area (Å²) >= 11 is 4.20. The highest BCUT2D eigenvalue weighted by molar-refractivity contribution is 7.80. The van der Waals surface area contributed by atoms with Crippen molar-refractivity contribution in [2.45, 2.75) is 44.6 Å². The zero-order chi connectivity index (χ0) is 10.2. The lowest BCUT2D eigenvalue weighted by Crippen LogP contribution is -2.30. The highest BCUT2D eigenvalue weighted by Gasteiger charge is 2.27. The number of thiol groups is 1. The second-order valence-corrected chi connectivity index (χ2v) is 4.58. The quantitative estimate of drug-likeness (QED) is 0.455. The van der Waals surface area contributed by atoms with Crippen molar-refractivity contribution in [3.8, 4) is 0 Å². The Morgan fingerprint density at radius 2 is 1.79 bits per heavy atom. The maximum atomic E-state index is 8.90. The Hall–Kier alpha value is 0.270. The molecule has 2 nitrogen and oxygen atoms in total. The van der Waals surface area contributed by atoms with Crippen LogP contribution in [0, 0.1) is 0 Å². The number of rotatable bonds is 9. The molecule has 1 saturated carbocycles. The predicted molar refractivity (Wildman–Crippen MR) is 64.0 cm³/mol. The average molecular weight is 217 g/mol. The average Bonchev–Trinajstić information content (AvgIpc) is 2.99. The van der Waals surface area contributed by atoms with Crippen LogP contribution in [-0.4, -0.2) is 41.5 Å². The maximum Gasteiger partial charge on any atom is 0.0558 e. The smallest absolute Gasteiger partial charge is 0.0558 e. The fourth-order valence-electron chi connectivity index (χ4n) is 1.83. The largest absolute Gasteiger partial charge is 0.395 e. The first-order valence-corrected chi connectivity index (χ1v) is 6.47. The van der Waals surface area contributed by atoms with Gasteiger partial charge in [-0.25, -0.2) is 0 Å². The Balaban J connectivity index is 1.96. The minimum Gasteiger partial charge on any atom is -0.395 e. The number of aliphatic hydroxyl groups is 1. The van der Waals surface area contributed by atoms with Crippen LogP contribution in [0.1, 0.15) is 38.5 Å². The molecule has 1 N–H and O–H groups in total. The van der Waals surface area contributed by atoms with Crippen molar-refractivity contribution in [2.75, 3.05) is 25.4 Å². The van der Waals surface area contributed by atoms with Crippen LogP contribution in [0.3, 0.4) is 0 Å². The SMILES string of the molecule is OCCN(CCCCCCS)C1CC1. The normalized spacial score (nSPS) is 16.5. The van der Waals surface area contributed by atoms with Gasteiger partial charge in [0.25, 0.3) is 0 Å². The van der Waals surface area contributed by atoms with Gasteiger partial charge in [0.1, 0.15) is 0 Å². The van der Waals surface area contributed by atoms with Crippen molar-refractivity contribution in [1.82, 2.24) is 4.90 Å². The highest BCUT2D eigenvalue weighted by Crippen LogP contribution is 2.26. The summed E-state index contributed by atoms with van der Waals surface area (Å²) in [7, 11) is 0. The van der Waals surface area contributed by atoms with Gasteiger partial charge < -0.3 is 5.11 Å². The van der Waals surface area contributed by atoms with E-state index in [-0.39, 0.29) is 0 Å². The van der Waals surface area contributed by atoms with E-state index in [2.05, 4.69) is 17.5 Å². The number of aliphatic hydroxyl groups excluding tert-OH is 1. The van der Waals surface area contributed by atoms with Crippen LogP contribution in [0.2, 0.25) is 0 Å². The Kier molecular flexibility index (Phi) is 6.65. The zero-order valence-corrected chi connectivity index (χ0v) is 9.88. The summed E-state index contributed by atoms with van der Waals surface area (Å²) < 4.78 is 0. The van der Waals surface area contributed by atoms with Crippen LogP contribution in [0.5, 0.6) is 0 Å². The summed E-state index contributed by atoms with van der Waals surface area (Å²) in [5, 5.41) is 8.90. The predicted octanol–water partition coefficient (Wildman–Crippen LogP) is 1.93. The molecule has 84 valence electrons. The van der Waals surface area contributed by atoms with E-state index in [0.717, 1.165) is 18.3 Å². The standard InChI is InChI=1S/C11H23NOS/c13-9-8-12(11-5-6-11)7-3-1-2-4-10-14/h11,13-14H,1-10H2. The van der Waals surface area contributed by atoms with E-state index in [4.69, 9.17) is 5.11 Å². The van der Waals surface area contributed by atoms with Crippen LogP contribution in [0.4, 0.5) is 0 Å². The Bertz CT molecular complexity index is 139. The van der Waals surface area contributed by atoms with E-state index in [0.29, 0.717) is 6.61 Å². The second-order valence-electron chi connectivity index (χ2n) is 4.13.